The SMILES string of the molecule is CSc1cc(CN)nc(CC(C)C)n1. The highest BCUT2D eigenvalue weighted by molar-refractivity contribution is 7.98. The summed E-state index contributed by atoms with van der Waals surface area (Å²) in [5.41, 5.74) is 6.50. The third-order valence-corrected chi connectivity index (χ3v) is 2.44. The van der Waals surface area contributed by atoms with Crippen LogP contribution in [0.3, 0.4) is 0 Å². The first-order chi connectivity index (χ1) is 6.65. The summed E-state index contributed by atoms with van der Waals surface area (Å²) in [6.45, 7) is 4.82. The van der Waals surface area contributed by atoms with Gasteiger partial charge in [0.15, 0.2) is 0 Å². The fraction of sp³-hybridized carbons (Fsp3) is 0.600. The minimum absolute atomic E-state index is 0.487. The molecular formula is C10H17N3S. The highest BCUT2D eigenvalue weighted by Crippen LogP contribution is 2.14. The van der Waals surface area contributed by atoms with E-state index in [2.05, 4.69) is 23.8 Å². The third kappa shape index (κ3) is 3.27. The fourth-order valence-corrected chi connectivity index (χ4v) is 1.64. The lowest BCUT2D eigenvalue weighted by atomic mass is 10.1. The number of aromatic nitrogens is 2. The van der Waals surface area contributed by atoms with Gasteiger partial charge in [0, 0.05) is 13.0 Å². The Morgan fingerprint density at radius 1 is 1.43 bits per heavy atom. The molecule has 0 saturated carbocycles. The first-order valence-electron chi connectivity index (χ1n) is 4.76. The van der Waals surface area contributed by atoms with Crippen molar-refractivity contribution < 1.29 is 0 Å². The maximum absolute atomic E-state index is 5.57. The summed E-state index contributed by atoms with van der Waals surface area (Å²) in [5, 5.41) is 1.01. The van der Waals surface area contributed by atoms with Gasteiger partial charge in [0.25, 0.3) is 0 Å². The van der Waals surface area contributed by atoms with Gasteiger partial charge in [-0.2, -0.15) is 0 Å². The van der Waals surface area contributed by atoms with Crippen LogP contribution in [0.4, 0.5) is 0 Å². The van der Waals surface area contributed by atoms with Crippen molar-refractivity contribution in [1.29, 1.82) is 0 Å². The van der Waals surface area contributed by atoms with Crippen molar-refractivity contribution in [1.82, 2.24) is 9.97 Å². The number of hydrogen-bond donors (Lipinski definition) is 1. The molecule has 3 nitrogen and oxygen atoms in total. The molecule has 4 heteroatoms. The van der Waals surface area contributed by atoms with Crippen molar-refractivity contribution in [3.05, 3.63) is 17.6 Å². The molecule has 0 radical (unpaired) electrons. The first kappa shape index (κ1) is 11.5. The average Bonchev–Trinajstić information content (AvgIpc) is 2.16. The lowest BCUT2D eigenvalue weighted by Crippen LogP contribution is -2.07. The molecule has 0 fully saturated rings. The number of nitrogens with zero attached hydrogens (tertiary/aromatic N) is 2. The smallest absolute Gasteiger partial charge is 0.130 e. The van der Waals surface area contributed by atoms with E-state index in [0.717, 1.165) is 23.0 Å². The van der Waals surface area contributed by atoms with Crippen LogP contribution < -0.4 is 5.73 Å². The second-order valence-corrected chi connectivity index (χ2v) is 4.45. The molecule has 0 amide bonds. The largest absolute Gasteiger partial charge is 0.325 e. The second kappa shape index (κ2) is 5.32. The minimum Gasteiger partial charge on any atom is -0.325 e. The zero-order valence-corrected chi connectivity index (χ0v) is 9.77. The van der Waals surface area contributed by atoms with Crippen LogP contribution in [-0.4, -0.2) is 16.2 Å². The Morgan fingerprint density at radius 2 is 2.14 bits per heavy atom. The molecule has 0 aromatic carbocycles. The molecule has 0 aliphatic heterocycles. The van der Waals surface area contributed by atoms with E-state index >= 15 is 0 Å². The van der Waals surface area contributed by atoms with Gasteiger partial charge in [0.05, 0.1) is 10.7 Å². The Bertz CT molecular complexity index is 277. The highest BCUT2D eigenvalue weighted by Gasteiger charge is 2.05. The van der Waals surface area contributed by atoms with Crippen molar-refractivity contribution in [3.8, 4) is 0 Å². The zero-order valence-electron chi connectivity index (χ0n) is 8.95. The molecule has 1 aromatic heterocycles. The van der Waals surface area contributed by atoms with Crippen LogP contribution >= 0.6 is 11.8 Å². The first-order valence-corrected chi connectivity index (χ1v) is 5.99. The summed E-state index contributed by atoms with van der Waals surface area (Å²) >= 11 is 1.63. The lowest BCUT2D eigenvalue weighted by Gasteiger charge is -2.07. The molecule has 0 spiro atoms. The minimum atomic E-state index is 0.487. The number of nitrogens with two attached hydrogens (primary N) is 1. The van der Waals surface area contributed by atoms with Gasteiger partial charge >= 0.3 is 0 Å². The Labute approximate surface area is 89.5 Å². The molecule has 2 N–H and O–H groups in total. The fourth-order valence-electron chi connectivity index (χ4n) is 1.19. The molecule has 1 aromatic rings. The number of thioether (sulfide) groups is 1. The van der Waals surface area contributed by atoms with Gasteiger partial charge in [0.1, 0.15) is 5.82 Å². The van der Waals surface area contributed by atoms with Gasteiger partial charge in [-0.05, 0) is 18.2 Å². The van der Waals surface area contributed by atoms with Crippen LogP contribution in [0, 0.1) is 5.92 Å². The molecule has 78 valence electrons. The van der Waals surface area contributed by atoms with Crippen molar-refractivity contribution >= 4 is 11.8 Å². The van der Waals surface area contributed by atoms with Gasteiger partial charge in [-0.1, -0.05) is 13.8 Å². The monoisotopic (exact) mass is 211 g/mol. The van der Waals surface area contributed by atoms with Crippen molar-refractivity contribution in [2.24, 2.45) is 11.7 Å². The number of hydrogen-bond acceptors (Lipinski definition) is 4. The molecule has 14 heavy (non-hydrogen) atoms. The van der Waals surface area contributed by atoms with E-state index in [-0.39, 0.29) is 0 Å². The van der Waals surface area contributed by atoms with E-state index in [0.29, 0.717) is 12.5 Å². The maximum Gasteiger partial charge on any atom is 0.130 e. The normalized spacial score (nSPS) is 10.9. The van der Waals surface area contributed by atoms with Crippen molar-refractivity contribution in [2.45, 2.75) is 31.8 Å². The summed E-state index contributed by atoms with van der Waals surface area (Å²) in [4.78, 5) is 8.83. The standard InChI is InChI=1S/C10H17N3S/c1-7(2)4-9-12-8(6-11)5-10(13-9)14-3/h5,7H,4,6,11H2,1-3H3. The molecule has 0 aliphatic carbocycles. The van der Waals surface area contributed by atoms with E-state index in [9.17, 15) is 0 Å². The highest BCUT2D eigenvalue weighted by atomic mass is 32.2. The third-order valence-electron chi connectivity index (χ3n) is 1.81. The molecule has 0 saturated heterocycles. The summed E-state index contributed by atoms with van der Waals surface area (Å²) in [6.07, 6.45) is 2.93. The molecule has 0 aliphatic rings. The molecule has 0 unspecified atom stereocenters. The van der Waals surface area contributed by atoms with Crippen LogP contribution in [0.15, 0.2) is 11.1 Å². The van der Waals surface area contributed by atoms with Crippen LogP contribution in [0.1, 0.15) is 25.4 Å². The van der Waals surface area contributed by atoms with E-state index < -0.39 is 0 Å². The van der Waals surface area contributed by atoms with E-state index in [1.54, 1.807) is 11.8 Å². The summed E-state index contributed by atoms with van der Waals surface area (Å²) in [7, 11) is 0. The molecule has 1 rings (SSSR count). The quantitative estimate of drug-likeness (QED) is 0.610. The van der Waals surface area contributed by atoms with E-state index in [1.807, 2.05) is 12.3 Å². The second-order valence-electron chi connectivity index (χ2n) is 3.62. The van der Waals surface area contributed by atoms with Gasteiger partial charge in [-0.3, -0.25) is 0 Å². The van der Waals surface area contributed by atoms with Crippen LogP contribution in [0.25, 0.3) is 0 Å². The average molecular weight is 211 g/mol. The van der Waals surface area contributed by atoms with Crippen LogP contribution in [0.5, 0.6) is 0 Å². The van der Waals surface area contributed by atoms with Crippen LogP contribution in [-0.2, 0) is 13.0 Å². The Kier molecular flexibility index (Phi) is 4.35. The van der Waals surface area contributed by atoms with E-state index in [4.69, 9.17) is 5.73 Å². The summed E-state index contributed by atoms with van der Waals surface area (Å²) < 4.78 is 0. The van der Waals surface area contributed by atoms with Crippen molar-refractivity contribution in [2.75, 3.05) is 6.26 Å². The Hall–Kier alpha value is -0.610. The maximum atomic E-state index is 5.57. The predicted molar refractivity (Wildman–Crippen MR) is 60.2 cm³/mol. The van der Waals surface area contributed by atoms with Crippen molar-refractivity contribution in [3.63, 3.8) is 0 Å². The molecule has 0 atom stereocenters. The van der Waals surface area contributed by atoms with E-state index in [1.165, 1.54) is 0 Å². The zero-order chi connectivity index (χ0) is 10.6. The van der Waals surface area contributed by atoms with Gasteiger partial charge < -0.3 is 5.73 Å². The molecule has 0 bridgehead atoms. The molecule has 1 heterocycles. The Morgan fingerprint density at radius 3 is 2.64 bits per heavy atom. The van der Waals surface area contributed by atoms with Gasteiger partial charge in [0.2, 0.25) is 0 Å². The van der Waals surface area contributed by atoms with Gasteiger partial charge in [-0.25, -0.2) is 9.97 Å². The Balaban J connectivity index is 2.92. The predicted octanol–water partition coefficient (Wildman–Crippen LogP) is 1.86. The molecular weight excluding hydrogens is 194 g/mol. The van der Waals surface area contributed by atoms with Gasteiger partial charge in [-0.15, -0.1) is 11.8 Å². The topological polar surface area (TPSA) is 51.8 Å². The summed E-state index contributed by atoms with van der Waals surface area (Å²) in [5.74, 6) is 1.49. The number of rotatable bonds is 4. The van der Waals surface area contributed by atoms with Crippen LogP contribution in [0.2, 0.25) is 0 Å². The summed E-state index contributed by atoms with van der Waals surface area (Å²) in [6, 6.07) is 1.95. The lowest BCUT2D eigenvalue weighted by molar-refractivity contribution is 0.611.